The zero-order valence-electron chi connectivity index (χ0n) is 17.1. The Bertz CT molecular complexity index is 1080. The fourth-order valence-electron chi connectivity index (χ4n) is 4.67. The number of ether oxygens (including phenoxy) is 1. The predicted molar refractivity (Wildman–Crippen MR) is 112 cm³/mol. The maximum absolute atomic E-state index is 13.3. The summed E-state index contributed by atoms with van der Waals surface area (Å²) >= 11 is 0. The average molecular weight is 428 g/mol. The van der Waals surface area contributed by atoms with Gasteiger partial charge in [0, 0.05) is 18.0 Å². The molecule has 0 aromatic heterocycles. The lowest BCUT2D eigenvalue weighted by molar-refractivity contribution is -0.129. The van der Waals surface area contributed by atoms with E-state index in [0.717, 1.165) is 22.7 Å². The molecule has 1 aliphatic carbocycles. The van der Waals surface area contributed by atoms with Crippen LogP contribution in [0.15, 0.2) is 53.4 Å². The minimum absolute atomic E-state index is 0.107. The van der Waals surface area contributed by atoms with Crippen LogP contribution in [0.1, 0.15) is 35.2 Å². The third kappa shape index (κ3) is 3.51. The summed E-state index contributed by atoms with van der Waals surface area (Å²) < 4.78 is 32.5. The summed E-state index contributed by atoms with van der Waals surface area (Å²) in [6.07, 6.45) is 2.13. The number of aryl methyl sites for hydroxylation is 1. The van der Waals surface area contributed by atoms with Gasteiger partial charge in [-0.25, -0.2) is 12.7 Å². The summed E-state index contributed by atoms with van der Waals surface area (Å²) in [4.78, 5) is 26.6. The molecule has 30 heavy (non-hydrogen) atoms. The maximum Gasteiger partial charge on any atom is 0.266 e. The number of carbonyl (C=O) groups is 2. The van der Waals surface area contributed by atoms with Crippen LogP contribution in [0.5, 0.6) is 5.75 Å². The van der Waals surface area contributed by atoms with Crippen molar-refractivity contribution < 1.29 is 22.7 Å². The molecule has 1 aliphatic heterocycles. The van der Waals surface area contributed by atoms with Crippen molar-refractivity contribution in [2.24, 2.45) is 17.8 Å². The van der Waals surface area contributed by atoms with Crippen molar-refractivity contribution in [3.8, 4) is 5.75 Å². The van der Waals surface area contributed by atoms with Crippen molar-refractivity contribution >= 4 is 21.7 Å². The fourth-order valence-corrected chi connectivity index (χ4v) is 6.15. The monoisotopic (exact) mass is 427 g/mol. The highest BCUT2D eigenvalue weighted by molar-refractivity contribution is 7.89. The Kier molecular flexibility index (Phi) is 5.40. The van der Waals surface area contributed by atoms with Crippen LogP contribution in [-0.2, 0) is 14.8 Å². The molecular formula is C23H25NO5S. The van der Waals surface area contributed by atoms with E-state index in [1.54, 1.807) is 36.4 Å². The number of methoxy groups -OCH3 is 1. The summed E-state index contributed by atoms with van der Waals surface area (Å²) in [7, 11) is -2.40. The first-order valence-corrected chi connectivity index (χ1v) is 11.6. The van der Waals surface area contributed by atoms with Crippen LogP contribution >= 0.6 is 0 Å². The summed E-state index contributed by atoms with van der Waals surface area (Å²) in [5.41, 5.74) is 1.44. The van der Waals surface area contributed by atoms with E-state index in [4.69, 9.17) is 4.74 Å². The summed E-state index contributed by atoms with van der Waals surface area (Å²) in [5, 5.41) is 0. The number of fused-ring (bicyclic) bond motifs is 1. The van der Waals surface area contributed by atoms with Crippen LogP contribution in [0.2, 0.25) is 0 Å². The molecule has 158 valence electrons. The van der Waals surface area contributed by atoms with Crippen LogP contribution in [0, 0.1) is 24.7 Å². The number of Topliss-reactive ketones (excluding diaryl/α,β-unsaturated/α-hetero) is 1. The first kappa shape index (κ1) is 20.6. The van der Waals surface area contributed by atoms with Gasteiger partial charge in [-0.15, -0.1) is 0 Å². The number of hydrogen-bond acceptors (Lipinski definition) is 5. The normalized spacial score (nSPS) is 23.9. The van der Waals surface area contributed by atoms with Crippen LogP contribution < -0.4 is 4.74 Å². The molecule has 2 fully saturated rings. The Morgan fingerprint density at radius 2 is 1.83 bits per heavy atom. The zero-order valence-corrected chi connectivity index (χ0v) is 17.9. The Morgan fingerprint density at radius 1 is 1.10 bits per heavy atom. The maximum atomic E-state index is 13.3. The van der Waals surface area contributed by atoms with Gasteiger partial charge < -0.3 is 4.74 Å². The topological polar surface area (TPSA) is 80.8 Å². The highest BCUT2D eigenvalue weighted by Crippen LogP contribution is 2.44. The summed E-state index contributed by atoms with van der Waals surface area (Å²) in [6, 6.07) is 13.4. The lowest BCUT2D eigenvalue weighted by Crippen LogP contribution is -2.38. The van der Waals surface area contributed by atoms with E-state index in [-0.39, 0.29) is 23.1 Å². The van der Waals surface area contributed by atoms with Crippen molar-refractivity contribution in [3.63, 3.8) is 0 Å². The molecule has 2 aromatic carbocycles. The second-order valence-corrected chi connectivity index (χ2v) is 9.97. The number of rotatable bonds is 5. The van der Waals surface area contributed by atoms with Gasteiger partial charge in [0.2, 0.25) is 5.91 Å². The van der Waals surface area contributed by atoms with Gasteiger partial charge >= 0.3 is 0 Å². The third-order valence-corrected chi connectivity index (χ3v) is 8.04. The van der Waals surface area contributed by atoms with E-state index in [0.29, 0.717) is 17.7 Å². The number of sulfonamides is 1. The molecule has 2 aliphatic rings. The van der Waals surface area contributed by atoms with Gasteiger partial charge in [-0.1, -0.05) is 36.2 Å². The molecule has 1 heterocycles. The number of ketones is 1. The molecule has 6 nitrogen and oxygen atoms in total. The zero-order chi connectivity index (χ0) is 21.5. The fraction of sp³-hybridized carbons (Fsp3) is 0.391. The van der Waals surface area contributed by atoms with Crippen LogP contribution in [-0.4, -0.2) is 38.1 Å². The summed E-state index contributed by atoms with van der Waals surface area (Å²) in [6.45, 7) is 2.02. The Hall–Kier alpha value is -2.67. The van der Waals surface area contributed by atoms with Crippen LogP contribution in [0.25, 0.3) is 0 Å². The van der Waals surface area contributed by atoms with Gasteiger partial charge in [0.05, 0.1) is 17.9 Å². The first-order chi connectivity index (χ1) is 14.3. The number of nitrogens with zero attached hydrogens (tertiary/aromatic N) is 1. The molecular weight excluding hydrogens is 402 g/mol. The van der Waals surface area contributed by atoms with E-state index in [1.165, 1.54) is 19.2 Å². The molecule has 7 heteroatoms. The Labute approximate surface area is 176 Å². The van der Waals surface area contributed by atoms with Crippen molar-refractivity contribution in [1.29, 1.82) is 0 Å². The lowest BCUT2D eigenvalue weighted by Gasteiger charge is -2.30. The second kappa shape index (κ2) is 7.87. The van der Waals surface area contributed by atoms with Crippen LogP contribution in [0.3, 0.4) is 0 Å². The molecule has 2 aromatic rings. The molecule has 1 saturated carbocycles. The van der Waals surface area contributed by atoms with Crippen molar-refractivity contribution in [2.45, 2.75) is 31.1 Å². The van der Waals surface area contributed by atoms with Gasteiger partial charge in [0.1, 0.15) is 5.75 Å². The first-order valence-electron chi connectivity index (χ1n) is 10.1. The highest BCUT2D eigenvalue weighted by atomic mass is 32.2. The Balaban J connectivity index is 1.63. The van der Waals surface area contributed by atoms with E-state index in [2.05, 4.69) is 0 Å². The molecule has 0 radical (unpaired) electrons. The van der Waals surface area contributed by atoms with E-state index in [9.17, 15) is 18.0 Å². The van der Waals surface area contributed by atoms with Gasteiger partial charge in [0.25, 0.3) is 10.0 Å². The lowest BCUT2D eigenvalue weighted by atomic mass is 9.71. The average Bonchev–Trinajstić information content (AvgIpc) is 3.11. The molecule has 1 saturated heterocycles. The van der Waals surface area contributed by atoms with Crippen molar-refractivity contribution in [1.82, 2.24) is 4.31 Å². The molecule has 0 bridgehead atoms. The number of amides is 1. The minimum Gasteiger partial charge on any atom is -0.497 e. The molecule has 0 unspecified atom stereocenters. The van der Waals surface area contributed by atoms with E-state index in [1.807, 2.05) is 6.92 Å². The number of benzene rings is 2. The molecule has 1 amide bonds. The highest BCUT2D eigenvalue weighted by Gasteiger charge is 2.52. The minimum atomic E-state index is -3.93. The van der Waals surface area contributed by atoms with Gasteiger partial charge in [-0.05, 0) is 49.9 Å². The third-order valence-electron chi connectivity index (χ3n) is 6.26. The molecule has 3 atom stereocenters. The van der Waals surface area contributed by atoms with Gasteiger partial charge in [-0.2, -0.15) is 0 Å². The SMILES string of the molecule is COc1cccc(C(=O)[C@@H]2CCC[C@@H]3CN(S(=O)(=O)c4ccc(C)cc4)C(=O)[C@@H]32)c1. The number of carbonyl (C=O) groups excluding carboxylic acids is 2. The van der Waals surface area contributed by atoms with Crippen molar-refractivity contribution in [2.75, 3.05) is 13.7 Å². The van der Waals surface area contributed by atoms with E-state index < -0.39 is 27.8 Å². The van der Waals surface area contributed by atoms with Gasteiger partial charge in [-0.3, -0.25) is 9.59 Å². The molecule has 0 spiro atoms. The standard InChI is InChI=1S/C23H25NO5S/c1-15-9-11-19(12-10-15)30(27,28)24-14-17-6-4-8-20(21(17)23(24)26)22(25)16-5-3-7-18(13-16)29-2/h3,5,7,9-13,17,20-21H,4,6,8,14H2,1-2H3/t17-,20-,21+/m1/s1. The Morgan fingerprint density at radius 3 is 2.53 bits per heavy atom. The predicted octanol–water partition coefficient (Wildman–Crippen LogP) is 3.45. The largest absolute Gasteiger partial charge is 0.497 e. The summed E-state index contributed by atoms with van der Waals surface area (Å²) in [5.74, 6) is -1.24. The quantitative estimate of drug-likeness (QED) is 0.683. The molecule has 0 N–H and O–H groups in total. The van der Waals surface area contributed by atoms with Crippen LogP contribution in [0.4, 0.5) is 0 Å². The van der Waals surface area contributed by atoms with E-state index >= 15 is 0 Å². The second-order valence-electron chi connectivity index (χ2n) is 8.11. The molecule has 4 rings (SSSR count). The number of hydrogen-bond donors (Lipinski definition) is 0. The smallest absolute Gasteiger partial charge is 0.266 e. The van der Waals surface area contributed by atoms with Crippen molar-refractivity contribution in [3.05, 3.63) is 59.7 Å². The van der Waals surface area contributed by atoms with Gasteiger partial charge in [0.15, 0.2) is 5.78 Å².